The number of carbonyl (C=O) groups is 1. The van der Waals surface area contributed by atoms with Gasteiger partial charge in [-0.25, -0.2) is 4.99 Å². The Labute approximate surface area is 180 Å². The monoisotopic (exact) mass is 487 g/mol. The Morgan fingerprint density at radius 3 is 2.52 bits per heavy atom. The topological polar surface area (TPSA) is 82.8 Å². The smallest absolute Gasteiger partial charge is 0.220 e. The van der Waals surface area contributed by atoms with E-state index in [0.29, 0.717) is 6.54 Å². The van der Waals surface area contributed by atoms with Crippen molar-refractivity contribution in [3.05, 3.63) is 35.9 Å². The first-order chi connectivity index (χ1) is 12.7. The molecule has 1 saturated heterocycles. The first-order valence-corrected chi connectivity index (χ1v) is 9.76. The molecule has 4 N–H and O–H groups in total. The SMILES string of the molecule is CCNC(=NCc1ccccc1)NCCCCN1CCC(C(N)=O)CC1.I. The van der Waals surface area contributed by atoms with Crippen LogP contribution in [-0.4, -0.2) is 49.5 Å². The molecule has 0 aromatic heterocycles. The predicted octanol–water partition coefficient (Wildman–Crippen LogP) is 2.34. The maximum absolute atomic E-state index is 11.2. The summed E-state index contributed by atoms with van der Waals surface area (Å²) in [5.41, 5.74) is 6.60. The van der Waals surface area contributed by atoms with Gasteiger partial charge in [-0.3, -0.25) is 4.79 Å². The molecule has 0 saturated carbocycles. The molecular weight excluding hydrogens is 453 g/mol. The number of carbonyl (C=O) groups excluding carboxylic acids is 1. The molecule has 0 unspecified atom stereocenters. The summed E-state index contributed by atoms with van der Waals surface area (Å²) in [4.78, 5) is 18.3. The third-order valence-corrected chi connectivity index (χ3v) is 4.79. The number of aliphatic imine (C=N–C) groups is 1. The first-order valence-electron chi connectivity index (χ1n) is 9.76. The zero-order chi connectivity index (χ0) is 18.6. The van der Waals surface area contributed by atoms with Gasteiger partial charge in [0.2, 0.25) is 5.91 Å². The van der Waals surface area contributed by atoms with Gasteiger partial charge in [0.25, 0.3) is 0 Å². The highest BCUT2D eigenvalue weighted by atomic mass is 127. The number of nitrogens with one attached hydrogen (secondary N) is 2. The number of hydrogen-bond donors (Lipinski definition) is 3. The quantitative estimate of drug-likeness (QED) is 0.216. The van der Waals surface area contributed by atoms with E-state index >= 15 is 0 Å². The standard InChI is InChI=1S/C20H33N5O.HI/c1-2-22-20(24-16-17-8-4-3-5-9-17)23-12-6-7-13-25-14-10-18(11-15-25)19(21)26;/h3-5,8-9,18H,2,6-7,10-16H2,1H3,(H2,21,26)(H2,22,23,24);1H. The van der Waals surface area contributed by atoms with Crippen LogP contribution in [0.1, 0.15) is 38.2 Å². The summed E-state index contributed by atoms with van der Waals surface area (Å²) >= 11 is 0. The maximum atomic E-state index is 11.2. The van der Waals surface area contributed by atoms with Gasteiger partial charge in [-0.1, -0.05) is 30.3 Å². The molecule has 1 aromatic carbocycles. The van der Waals surface area contributed by atoms with Gasteiger partial charge in [0.1, 0.15) is 0 Å². The average molecular weight is 487 g/mol. The summed E-state index contributed by atoms with van der Waals surface area (Å²) < 4.78 is 0. The van der Waals surface area contributed by atoms with Crippen LogP contribution >= 0.6 is 24.0 Å². The van der Waals surface area contributed by atoms with Crippen molar-refractivity contribution in [2.75, 3.05) is 32.7 Å². The van der Waals surface area contributed by atoms with E-state index < -0.39 is 0 Å². The van der Waals surface area contributed by atoms with Gasteiger partial charge >= 0.3 is 0 Å². The van der Waals surface area contributed by atoms with E-state index in [0.717, 1.165) is 64.4 Å². The van der Waals surface area contributed by atoms with E-state index in [9.17, 15) is 4.79 Å². The average Bonchev–Trinajstić information content (AvgIpc) is 2.67. The summed E-state index contributed by atoms with van der Waals surface area (Å²) in [5, 5.41) is 6.70. The van der Waals surface area contributed by atoms with Crippen LogP contribution in [0.3, 0.4) is 0 Å². The Morgan fingerprint density at radius 2 is 1.89 bits per heavy atom. The minimum Gasteiger partial charge on any atom is -0.369 e. The number of hydrogen-bond acceptors (Lipinski definition) is 3. The lowest BCUT2D eigenvalue weighted by Gasteiger charge is -2.30. The van der Waals surface area contributed by atoms with Gasteiger partial charge in [0, 0.05) is 19.0 Å². The van der Waals surface area contributed by atoms with Gasteiger partial charge in [0.05, 0.1) is 6.54 Å². The number of guanidine groups is 1. The summed E-state index contributed by atoms with van der Waals surface area (Å²) in [6.45, 7) is 7.60. The second kappa shape index (κ2) is 13.8. The van der Waals surface area contributed by atoms with E-state index in [4.69, 9.17) is 5.73 Å². The Balaban J connectivity index is 0.00000364. The van der Waals surface area contributed by atoms with Crippen LogP contribution in [0.5, 0.6) is 0 Å². The molecule has 2 rings (SSSR count). The molecule has 1 fully saturated rings. The van der Waals surface area contributed by atoms with Crippen molar-refractivity contribution in [2.45, 2.75) is 39.2 Å². The van der Waals surface area contributed by atoms with Crippen molar-refractivity contribution in [1.82, 2.24) is 15.5 Å². The highest BCUT2D eigenvalue weighted by Gasteiger charge is 2.22. The first kappa shape index (κ1) is 23.7. The number of primary amides is 1. The summed E-state index contributed by atoms with van der Waals surface area (Å²) in [6, 6.07) is 10.3. The molecule has 0 bridgehead atoms. The van der Waals surface area contributed by atoms with Crippen LogP contribution in [-0.2, 0) is 11.3 Å². The van der Waals surface area contributed by atoms with Crippen LogP contribution in [0.4, 0.5) is 0 Å². The van der Waals surface area contributed by atoms with Gasteiger partial charge < -0.3 is 21.3 Å². The number of unbranched alkanes of at least 4 members (excludes halogenated alkanes) is 1. The minimum atomic E-state index is -0.139. The Bertz CT molecular complexity index is 559. The van der Waals surface area contributed by atoms with Crippen molar-refractivity contribution in [2.24, 2.45) is 16.6 Å². The number of nitrogens with two attached hydrogens (primary N) is 1. The number of benzene rings is 1. The molecule has 6 nitrogen and oxygen atoms in total. The van der Waals surface area contributed by atoms with Crippen molar-refractivity contribution in [3.63, 3.8) is 0 Å². The molecule has 0 atom stereocenters. The fourth-order valence-corrected chi connectivity index (χ4v) is 3.20. The fourth-order valence-electron chi connectivity index (χ4n) is 3.20. The number of nitrogens with zero attached hydrogens (tertiary/aromatic N) is 2. The zero-order valence-electron chi connectivity index (χ0n) is 16.3. The maximum Gasteiger partial charge on any atom is 0.220 e. The summed E-state index contributed by atoms with van der Waals surface area (Å²) in [5.74, 6) is 0.814. The van der Waals surface area contributed by atoms with E-state index in [1.807, 2.05) is 18.2 Å². The molecular formula is C20H34IN5O. The minimum absolute atomic E-state index is 0. The van der Waals surface area contributed by atoms with Crippen molar-refractivity contribution < 1.29 is 4.79 Å². The van der Waals surface area contributed by atoms with Crippen LogP contribution in [0.2, 0.25) is 0 Å². The third-order valence-electron chi connectivity index (χ3n) is 4.79. The molecule has 152 valence electrons. The van der Waals surface area contributed by atoms with Crippen LogP contribution in [0.15, 0.2) is 35.3 Å². The number of likely N-dealkylation sites (tertiary alicyclic amines) is 1. The lowest BCUT2D eigenvalue weighted by atomic mass is 9.96. The Morgan fingerprint density at radius 1 is 1.19 bits per heavy atom. The fraction of sp³-hybridized carbons (Fsp3) is 0.600. The normalized spacial score (nSPS) is 15.8. The van der Waals surface area contributed by atoms with Gasteiger partial charge in [-0.2, -0.15) is 0 Å². The van der Waals surface area contributed by atoms with Gasteiger partial charge in [0.15, 0.2) is 5.96 Å². The van der Waals surface area contributed by atoms with Crippen LogP contribution < -0.4 is 16.4 Å². The molecule has 1 aliphatic heterocycles. The molecule has 1 heterocycles. The molecule has 0 aliphatic carbocycles. The molecule has 7 heteroatoms. The van der Waals surface area contributed by atoms with E-state index in [1.54, 1.807) is 0 Å². The summed E-state index contributed by atoms with van der Waals surface area (Å²) in [7, 11) is 0. The van der Waals surface area contributed by atoms with Crippen molar-refractivity contribution in [3.8, 4) is 0 Å². The molecule has 1 amide bonds. The molecule has 1 aliphatic rings. The van der Waals surface area contributed by atoms with Gasteiger partial charge in [-0.05, 0) is 57.8 Å². The highest BCUT2D eigenvalue weighted by Crippen LogP contribution is 2.16. The van der Waals surface area contributed by atoms with E-state index in [2.05, 4.69) is 39.6 Å². The Kier molecular flexibility index (Phi) is 12.1. The second-order valence-corrected chi connectivity index (χ2v) is 6.83. The highest BCUT2D eigenvalue weighted by molar-refractivity contribution is 14.0. The third kappa shape index (κ3) is 9.41. The number of halogens is 1. The zero-order valence-corrected chi connectivity index (χ0v) is 18.7. The number of piperidine rings is 1. The van der Waals surface area contributed by atoms with Crippen molar-refractivity contribution in [1.29, 1.82) is 0 Å². The summed E-state index contributed by atoms with van der Waals surface area (Å²) in [6.07, 6.45) is 4.06. The van der Waals surface area contributed by atoms with Crippen molar-refractivity contribution >= 4 is 35.8 Å². The Hall–Kier alpha value is -1.35. The molecule has 0 spiro atoms. The predicted molar refractivity (Wildman–Crippen MR) is 122 cm³/mol. The molecule has 1 aromatic rings. The van der Waals surface area contributed by atoms with E-state index in [-0.39, 0.29) is 35.8 Å². The largest absolute Gasteiger partial charge is 0.369 e. The van der Waals surface area contributed by atoms with Crippen LogP contribution in [0.25, 0.3) is 0 Å². The molecule has 27 heavy (non-hydrogen) atoms. The van der Waals surface area contributed by atoms with Gasteiger partial charge in [-0.15, -0.1) is 24.0 Å². The van der Waals surface area contributed by atoms with E-state index in [1.165, 1.54) is 5.56 Å². The number of amides is 1. The lowest BCUT2D eigenvalue weighted by molar-refractivity contribution is -0.123. The lowest BCUT2D eigenvalue weighted by Crippen LogP contribution is -2.39. The number of rotatable bonds is 9. The second-order valence-electron chi connectivity index (χ2n) is 6.83. The van der Waals surface area contributed by atoms with Crippen LogP contribution in [0, 0.1) is 5.92 Å². The molecule has 0 radical (unpaired) electrons.